The van der Waals surface area contributed by atoms with Gasteiger partial charge in [-0.25, -0.2) is 0 Å². The van der Waals surface area contributed by atoms with Crippen LogP contribution in [0.25, 0.3) is 0 Å². The standard InChI is InChI=1S/C16H20BrClO2/c17-11-12-3-4-15(14(18)9-12)20-13-5-8-19-16(10-13)6-1-2-7-16/h3-4,9,13H,1-2,5-8,10-11H2. The van der Waals surface area contributed by atoms with Crippen molar-refractivity contribution in [3.05, 3.63) is 28.8 Å². The molecule has 1 aromatic rings. The van der Waals surface area contributed by atoms with Crippen LogP contribution in [0.1, 0.15) is 44.1 Å². The molecule has 1 atom stereocenters. The highest BCUT2D eigenvalue weighted by atomic mass is 79.9. The van der Waals surface area contributed by atoms with Gasteiger partial charge in [-0.3, -0.25) is 0 Å². The van der Waals surface area contributed by atoms with Gasteiger partial charge in [-0.15, -0.1) is 0 Å². The van der Waals surface area contributed by atoms with Crippen molar-refractivity contribution in [1.82, 2.24) is 0 Å². The van der Waals surface area contributed by atoms with Gasteiger partial charge in [0.2, 0.25) is 0 Å². The minimum atomic E-state index is 0.0885. The van der Waals surface area contributed by atoms with Gasteiger partial charge < -0.3 is 9.47 Å². The van der Waals surface area contributed by atoms with Gasteiger partial charge in [-0.1, -0.05) is 46.4 Å². The van der Waals surface area contributed by atoms with E-state index >= 15 is 0 Å². The van der Waals surface area contributed by atoms with Crippen molar-refractivity contribution in [3.63, 3.8) is 0 Å². The molecule has 1 spiro atoms. The zero-order chi connectivity index (χ0) is 14.0. The molecular formula is C16H20BrClO2. The Kier molecular flexibility index (Phi) is 4.58. The van der Waals surface area contributed by atoms with Crippen LogP contribution < -0.4 is 4.74 Å². The third-order valence-electron chi connectivity index (χ3n) is 4.41. The van der Waals surface area contributed by atoms with Gasteiger partial charge in [0.25, 0.3) is 0 Å². The summed E-state index contributed by atoms with van der Waals surface area (Å²) in [5, 5.41) is 1.52. The molecular weight excluding hydrogens is 340 g/mol. The quantitative estimate of drug-likeness (QED) is 0.699. The second-order valence-electron chi connectivity index (χ2n) is 5.87. The van der Waals surface area contributed by atoms with Gasteiger partial charge in [0, 0.05) is 18.2 Å². The van der Waals surface area contributed by atoms with E-state index in [0.717, 1.165) is 30.5 Å². The van der Waals surface area contributed by atoms with Crippen molar-refractivity contribution < 1.29 is 9.47 Å². The van der Waals surface area contributed by atoms with Crippen molar-refractivity contribution in [2.75, 3.05) is 6.61 Å². The summed E-state index contributed by atoms with van der Waals surface area (Å²) < 4.78 is 12.2. The first-order valence-corrected chi connectivity index (χ1v) is 8.86. The zero-order valence-electron chi connectivity index (χ0n) is 11.5. The lowest BCUT2D eigenvalue weighted by Gasteiger charge is -2.38. The Balaban J connectivity index is 1.68. The van der Waals surface area contributed by atoms with E-state index in [1.54, 1.807) is 0 Å². The summed E-state index contributed by atoms with van der Waals surface area (Å²) in [4.78, 5) is 0. The fraction of sp³-hybridized carbons (Fsp3) is 0.625. The smallest absolute Gasteiger partial charge is 0.138 e. The van der Waals surface area contributed by atoms with Crippen LogP contribution in [0, 0.1) is 0 Å². The topological polar surface area (TPSA) is 18.5 Å². The summed E-state index contributed by atoms with van der Waals surface area (Å²) in [5.74, 6) is 0.802. The van der Waals surface area contributed by atoms with E-state index in [-0.39, 0.29) is 11.7 Å². The van der Waals surface area contributed by atoms with E-state index in [1.165, 1.54) is 31.2 Å². The molecule has 4 heteroatoms. The molecule has 3 rings (SSSR count). The third-order valence-corrected chi connectivity index (χ3v) is 5.35. The molecule has 1 unspecified atom stereocenters. The molecule has 1 saturated carbocycles. The largest absolute Gasteiger partial charge is 0.489 e. The predicted octanol–water partition coefficient (Wildman–Crippen LogP) is 5.11. The maximum Gasteiger partial charge on any atom is 0.138 e. The zero-order valence-corrected chi connectivity index (χ0v) is 13.9. The van der Waals surface area contributed by atoms with Crippen LogP contribution in [0.2, 0.25) is 5.02 Å². The number of alkyl halides is 1. The normalized spacial score (nSPS) is 25.0. The van der Waals surface area contributed by atoms with Crippen LogP contribution in [0.4, 0.5) is 0 Å². The Morgan fingerprint density at radius 2 is 2.15 bits per heavy atom. The Morgan fingerprint density at radius 3 is 2.85 bits per heavy atom. The summed E-state index contributed by atoms with van der Waals surface area (Å²) in [5.41, 5.74) is 1.26. The van der Waals surface area contributed by atoms with E-state index in [1.807, 2.05) is 12.1 Å². The van der Waals surface area contributed by atoms with Gasteiger partial charge in [0.1, 0.15) is 11.9 Å². The molecule has 1 heterocycles. The van der Waals surface area contributed by atoms with Crippen LogP contribution in [-0.2, 0) is 10.1 Å². The second kappa shape index (κ2) is 6.25. The molecule has 2 aliphatic rings. The highest BCUT2D eigenvalue weighted by Crippen LogP contribution is 2.41. The van der Waals surface area contributed by atoms with E-state index in [4.69, 9.17) is 21.1 Å². The van der Waals surface area contributed by atoms with E-state index in [2.05, 4.69) is 22.0 Å². The van der Waals surface area contributed by atoms with E-state index in [0.29, 0.717) is 5.02 Å². The lowest BCUT2D eigenvalue weighted by atomic mass is 9.90. The first-order chi connectivity index (χ1) is 9.71. The van der Waals surface area contributed by atoms with E-state index in [9.17, 15) is 0 Å². The molecule has 0 radical (unpaired) electrons. The van der Waals surface area contributed by atoms with Gasteiger partial charge in [0.15, 0.2) is 0 Å². The minimum Gasteiger partial charge on any atom is -0.489 e. The molecule has 1 aliphatic heterocycles. The average molecular weight is 360 g/mol. The van der Waals surface area contributed by atoms with Crippen LogP contribution in [0.15, 0.2) is 18.2 Å². The number of ether oxygens (including phenoxy) is 2. The maximum atomic E-state index is 6.30. The molecule has 110 valence electrons. The lowest BCUT2D eigenvalue weighted by Crippen LogP contribution is -2.41. The molecule has 2 fully saturated rings. The fourth-order valence-corrected chi connectivity index (χ4v) is 3.95. The lowest BCUT2D eigenvalue weighted by molar-refractivity contribution is -0.108. The Hall–Kier alpha value is -0.250. The molecule has 1 aromatic carbocycles. The van der Waals surface area contributed by atoms with Gasteiger partial charge in [0.05, 0.1) is 17.2 Å². The summed E-state index contributed by atoms with van der Waals surface area (Å²) in [6, 6.07) is 6.01. The summed E-state index contributed by atoms with van der Waals surface area (Å²) in [7, 11) is 0. The predicted molar refractivity (Wildman–Crippen MR) is 84.9 cm³/mol. The van der Waals surface area contributed by atoms with Crippen molar-refractivity contribution in [1.29, 1.82) is 0 Å². The van der Waals surface area contributed by atoms with Crippen LogP contribution >= 0.6 is 27.5 Å². The highest BCUT2D eigenvalue weighted by Gasteiger charge is 2.40. The summed E-state index contributed by atoms with van der Waals surface area (Å²) in [6.45, 7) is 0.807. The van der Waals surface area contributed by atoms with Crippen molar-refractivity contribution >= 4 is 27.5 Å². The fourth-order valence-electron chi connectivity index (χ4n) is 3.35. The number of rotatable bonds is 3. The first-order valence-electron chi connectivity index (χ1n) is 7.36. The molecule has 2 nitrogen and oxygen atoms in total. The average Bonchev–Trinajstić information content (AvgIpc) is 2.89. The van der Waals surface area contributed by atoms with Gasteiger partial charge >= 0.3 is 0 Å². The monoisotopic (exact) mass is 358 g/mol. The Morgan fingerprint density at radius 1 is 1.35 bits per heavy atom. The van der Waals surface area contributed by atoms with Crippen molar-refractivity contribution in [2.24, 2.45) is 0 Å². The Bertz CT molecular complexity index is 472. The number of hydrogen-bond donors (Lipinski definition) is 0. The van der Waals surface area contributed by atoms with Crippen LogP contribution in [-0.4, -0.2) is 18.3 Å². The maximum absolute atomic E-state index is 6.30. The summed E-state index contributed by atoms with van der Waals surface area (Å²) >= 11 is 9.74. The van der Waals surface area contributed by atoms with Crippen molar-refractivity contribution in [2.45, 2.75) is 55.6 Å². The third kappa shape index (κ3) is 3.15. The first kappa shape index (κ1) is 14.7. The molecule has 0 amide bonds. The molecule has 1 saturated heterocycles. The Labute approximate surface area is 133 Å². The second-order valence-corrected chi connectivity index (χ2v) is 6.84. The molecule has 0 aromatic heterocycles. The number of hydrogen-bond acceptors (Lipinski definition) is 2. The van der Waals surface area contributed by atoms with Gasteiger partial charge in [-0.2, -0.15) is 0 Å². The van der Waals surface area contributed by atoms with Gasteiger partial charge in [-0.05, 0) is 30.5 Å². The SMILES string of the molecule is Clc1cc(CBr)ccc1OC1CCOC2(CCCC2)C1. The molecule has 0 N–H and O–H groups in total. The minimum absolute atomic E-state index is 0.0885. The number of benzene rings is 1. The van der Waals surface area contributed by atoms with Crippen molar-refractivity contribution in [3.8, 4) is 5.75 Å². The van der Waals surface area contributed by atoms with E-state index < -0.39 is 0 Å². The van der Waals surface area contributed by atoms with Crippen LogP contribution in [0.5, 0.6) is 5.75 Å². The summed E-state index contributed by atoms with van der Waals surface area (Å²) in [6.07, 6.45) is 7.13. The molecule has 20 heavy (non-hydrogen) atoms. The molecule has 1 aliphatic carbocycles. The highest BCUT2D eigenvalue weighted by molar-refractivity contribution is 9.08. The number of halogens is 2. The van der Waals surface area contributed by atoms with Crippen LogP contribution in [0.3, 0.4) is 0 Å². The molecule has 0 bridgehead atoms.